The van der Waals surface area contributed by atoms with Gasteiger partial charge in [-0.25, -0.2) is 4.68 Å². The van der Waals surface area contributed by atoms with Crippen molar-refractivity contribution in [2.45, 2.75) is 26.9 Å². The number of rotatable bonds is 5. The molecule has 0 aliphatic carbocycles. The van der Waals surface area contributed by atoms with Crippen molar-refractivity contribution in [1.82, 2.24) is 9.78 Å². The highest BCUT2D eigenvalue weighted by atomic mass is 79.9. The molecule has 0 bridgehead atoms. The summed E-state index contributed by atoms with van der Waals surface area (Å²) in [6.45, 7) is 5.41. The van der Waals surface area contributed by atoms with E-state index in [0.717, 1.165) is 28.1 Å². The molecule has 0 spiro atoms. The third kappa shape index (κ3) is 2.93. The summed E-state index contributed by atoms with van der Waals surface area (Å²) in [7, 11) is 0. The topological polar surface area (TPSA) is 50.1 Å². The molecule has 98 valence electrons. The fourth-order valence-electron chi connectivity index (χ4n) is 1.77. The third-order valence-electron chi connectivity index (χ3n) is 2.79. The van der Waals surface area contributed by atoms with Crippen molar-refractivity contribution in [1.29, 1.82) is 0 Å². The summed E-state index contributed by atoms with van der Waals surface area (Å²) in [5.41, 5.74) is 2.14. The molecule has 0 aliphatic rings. The van der Waals surface area contributed by atoms with Crippen LogP contribution < -0.4 is 5.32 Å². The van der Waals surface area contributed by atoms with Crippen LogP contribution in [0.4, 0.5) is 5.82 Å². The molecule has 2 heterocycles. The van der Waals surface area contributed by atoms with Crippen LogP contribution in [-0.2, 0) is 13.1 Å². The van der Waals surface area contributed by atoms with Crippen LogP contribution in [0.15, 0.2) is 15.9 Å². The van der Waals surface area contributed by atoms with E-state index in [-0.39, 0.29) is 6.61 Å². The van der Waals surface area contributed by atoms with Gasteiger partial charge in [-0.3, -0.25) is 0 Å². The molecule has 0 aromatic carbocycles. The Balaban J connectivity index is 2.12. The average molecular weight is 330 g/mol. The number of hydrogen-bond acceptors (Lipinski definition) is 4. The Hall–Kier alpha value is -0.850. The van der Waals surface area contributed by atoms with Gasteiger partial charge in [0.1, 0.15) is 5.82 Å². The molecule has 0 saturated heterocycles. The van der Waals surface area contributed by atoms with Crippen molar-refractivity contribution in [3.63, 3.8) is 0 Å². The second kappa shape index (κ2) is 5.86. The summed E-state index contributed by atoms with van der Waals surface area (Å²) in [5, 5.41) is 18.9. The first kappa shape index (κ1) is 13.6. The molecule has 0 saturated carbocycles. The number of nitrogens with zero attached hydrogens (tertiary/aromatic N) is 2. The lowest BCUT2D eigenvalue weighted by molar-refractivity contribution is 0.270. The Morgan fingerprint density at radius 3 is 2.89 bits per heavy atom. The molecule has 0 atom stereocenters. The minimum atomic E-state index is 0.0970. The Kier molecular flexibility index (Phi) is 4.42. The maximum absolute atomic E-state index is 9.04. The van der Waals surface area contributed by atoms with Crippen LogP contribution >= 0.6 is 27.3 Å². The molecule has 0 unspecified atom stereocenters. The Morgan fingerprint density at radius 2 is 2.28 bits per heavy atom. The van der Waals surface area contributed by atoms with E-state index >= 15 is 0 Å². The smallest absolute Gasteiger partial charge is 0.127 e. The van der Waals surface area contributed by atoms with Crippen LogP contribution in [0.2, 0.25) is 0 Å². The van der Waals surface area contributed by atoms with Crippen LogP contribution in [0.25, 0.3) is 0 Å². The highest BCUT2D eigenvalue weighted by Gasteiger charge is 2.11. The van der Waals surface area contributed by atoms with Gasteiger partial charge in [-0.05, 0) is 35.8 Å². The molecule has 18 heavy (non-hydrogen) atoms. The van der Waals surface area contributed by atoms with Crippen molar-refractivity contribution in [3.05, 3.63) is 32.1 Å². The molecule has 0 aliphatic heterocycles. The highest BCUT2D eigenvalue weighted by Crippen LogP contribution is 2.23. The molecule has 4 nitrogen and oxygen atoms in total. The second-order valence-electron chi connectivity index (χ2n) is 4.09. The molecule has 2 N–H and O–H groups in total. The predicted molar refractivity (Wildman–Crippen MR) is 78.1 cm³/mol. The van der Waals surface area contributed by atoms with Crippen LogP contribution in [0.5, 0.6) is 0 Å². The van der Waals surface area contributed by atoms with Crippen molar-refractivity contribution in [2.24, 2.45) is 0 Å². The number of thiophene rings is 1. The van der Waals surface area contributed by atoms with E-state index in [2.05, 4.69) is 37.8 Å². The number of aryl methyl sites for hydroxylation is 1. The zero-order chi connectivity index (χ0) is 13.1. The van der Waals surface area contributed by atoms with Gasteiger partial charge in [0.25, 0.3) is 0 Å². The number of aliphatic hydroxyl groups excluding tert-OH is 1. The lowest BCUT2D eigenvalue weighted by Crippen LogP contribution is -2.10. The monoisotopic (exact) mass is 329 g/mol. The zero-order valence-corrected chi connectivity index (χ0v) is 12.8. The first-order chi connectivity index (χ1) is 8.61. The number of halogens is 1. The Bertz CT molecular complexity index is 535. The quantitative estimate of drug-likeness (QED) is 0.886. The molecule has 0 fully saturated rings. The zero-order valence-electron chi connectivity index (χ0n) is 10.4. The number of anilines is 1. The van der Waals surface area contributed by atoms with E-state index in [0.29, 0.717) is 6.54 Å². The maximum Gasteiger partial charge on any atom is 0.127 e. The van der Waals surface area contributed by atoms with E-state index in [4.69, 9.17) is 5.11 Å². The summed E-state index contributed by atoms with van der Waals surface area (Å²) in [4.78, 5) is 1.26. The van der Waals surface area contributed by atoms with Crippen LogP contribution in [0, 0.1) is 13.8 Å². The van der Waals surface area contributed by atoms with Gasteiger partial charge in [0.2, 0.25) is 0 Å². The normalized spacial score (nSPS) is 10.9. The number of aromatic nitrogens is 2. The highest BCUT2D eigenvalue weighted by molar-refractivity contribution is 9.10. The summed E-state index contributed by atoms with van der Waals surface area (Å²) in [5.74, 6) is 0.992. The fourth-order valence-corrected chi connectivity index (χ4v) is 3.16. The summed E-state index contributed by atoms with van der Waals surface area (Å²) >= 11 is 5.16. The first-order valence-electron chi connectivity index (χ1n) is 5.73. The minimum Gasteiger partial charge on any atom is -0.394 e. The molecular formula is C12H16BrN3OS. The molecule has 6 heteroatoms. The molecule has 0 radical (unpaired) electrons. The van der Waals surface area contributed by atoms with E-state index in [1.807, 2.05) is 18.5 Å². The first-order valence-corrected chi connectivity index (χ1v) is 7.40. The van der Waals surface area contributed by atoms with Crippen molar-refractivity contribution < 1.29 is 5.11 Å². The molecule has 0 amide bonds. The average Bonchev–Trinajstić information content (AvgIpc) is 2.84. The van der Waals surface area contributed by atoms with E-state index in [1.54, 1.807) is 11.3 Å². The van der Waals surface area contributed by atoms with Gasteiger partial charge in [-0.1, -0.05) is 0 Å². The molecule has 2 rings (SSSR count). The summed E-state index contributed by atoms with van der Waals surface area (Å²) in [6.07, 6.45) is 0. The Morgan fingerprint density at radius 1 is 1.50 bits per heavy atom. The van der Waals surface area contributed by atoms with Crippen molar-refractivity contribution in [3.8, 4) is 0 Å². The van der Waals surface area contributed by atoms with Gasteiger partial charge >= 0.3 is 0 Å². The van der Waals surface area contributed by atoms with Crippen LogP contribution in [0.3, 0.4) is 0 Å². The van der Waals surface area contributed by atoms with E-state index in [9.17, 15) is 0 Å². The van der Waals surface area contributed by atoms with Gasteiger partial charge in [-0.2, -0.15) is 5.10 Å². The van der Waals surface area contributed by atoms with E-state index < -0.39 is 0 Å². The SMILES string of the molecule is Cc1nn(CCO)c(NCc2cc(Br)cs2)c1C. The molecular weight excluding hydrogens is 314 g/mol. The lowest BCUT2D eigenvalue weighted by Gasteiger charge is -2.09. The van der Waals surface area contributed by atoms with Crippen molar-refractivity contribution in [2.75, 3.05) is 11.9 Å². The standard InChI is InChI=1S/C12H16BrN3OS/c1-8-9(2)15-16(3-4-17)12(8)14-6-11-5-10(13)7-18-11/h5,7,14,17H,3-4,6H2,1-2H3. The number of hydrogen-bond donors (Lipinski definition) is 2. The van der Waals surface area contributed by atoms with Gasteiger partial charge < -0.3 is 10.4 Å². The summed E-state index contributed by atoms with van der Waals surface area (Å²) in [6, 6.07) is 2.10. The van der Waals surface area contributed by atoms with E-state index in [1.165, 1.54) is 4.88 Å². The van der Waals surface area contributed by atoms with Crippen molar-refractivity contribution >= 4 is 33.1 Å². The lowest BCUT2D eigenvalue weighted by atomic mass is 10.3. The predicted octanol–water partition coefficient (Wildman–Crippen LogP) is 2.93. The number of aliphatic hydroxyl groups is 1. The minimum absolute atomic E-state index is 0.0970. The third-order valence-corrected chi connectivity index (χ3v) is 4.49. The fraction of sp³-hybridized carbons (Fsp3) is 0.417. The number of nitrogens with one attached hydrogen (secondary N) is 1. The second-order valence-corrected chi connectivity index (χ2v) is 6.00. The molecule has 2 aromatic rings. The van der Waals surface area contributed by atoms with Gasteiger partial charge in [0.15, 0.2) is 0 Å². The van der Waals surface area contributed by atoms with Crippen LogP contribution in [-0.4, -0.2) is 21.5 Å². The van der Waals surface area contributed by atoms with Gasteiger partial charge in [0.05, 0.1) is 25.4 Å². The largest absolute Gasteiger partial charge is 0.394 e. The maximum atomic E-state index is 9.04. The van der Waals surface area contributed by atoms with Crippen LogP contribution in [0.1, 0.15) is 16.1 Å². The summed E-state index contributed by atoms with van der Waals surface area (Å²) < 4.78 is 2.94. The van der Waals surface area contributed by atoms with Gasteiger partial charge in [0, 0.05) is 20.3 Å². The Labute approximate surface area is 119 Å². The van der Waals surface area contributed by atoms with Gasteiger partial charge in [-0.15, -0.1) is 11.3 Å². The molecule has 2 aromatic heterocycles.